The largest absolute Gasteiger partial charge is 0.417 e. The van der Waals surface area contributed by atoms with Gasteiger partial charge >= 0.3 is 6.18 Å². The van der Waals surface area contributed by atoms with Crippen LogP contribution in [0, 0.1) is 5.92 Å². The summed E-state index contributed by atoms with van der Waals surface area (Å²) < 4.78 is 39.3. The van der Waals surface area contributed by atoms with Crippen LogP contribution in [0.4, 0.5) is 30.6 Å². The van der Waals surface area contributed by atoms with Gasteiger partial charge in [-0.3, -0.25) is 0 Å². The second-order valence-corrected chi connectivity index (χ2v) is 7.68. The average Bonchev–Trinajstić information content (AvgIpc) is 3.45. The molecule has 3 rings (SSSR count). The van der Waals surface area contributed by atoms with Crippen LogP contribution in [0.3, 0.4) is 0 Å². The lowest BCUT2D eigenvalue weighted by atomic mass is 10.1. The topological polar surface area (TPSA) is 70.1 Å². The Morgan fingerprint density at radius 1 is 1.21 bits per heavy atom. The van der Waals surface area contributed by atoms with Crippen LogP contribution in [-0.4, -0.2) is 27.7 Å². The third-order valence-electron chi connectivity index (χ3n) is 4.60. The van der Waals surface area contributed by atoms with Gasteiger partial charge in [0.1, 0.15) is 5.82 Å². The number of benzene rings is 1. The molecule has 1 fully saturated rings. The Bertz CT molecular complexity index is 840. The summed E-state index contributed by atoms with van der Waals surface area (Å²) in [7, 11) is 0. The molecule has 1 heterocycles. The van der Waals surface area contributed by atoms with E-state index >= 15 is 0 Å². The normalized spacial score (nSPS) is 15.6. The highest BCUT2D eigenvalue weighted by Gasteiger charge is 2.33. The predicted molar refractivity (Wildman–Crippen MR) is 103 cm³/mol. The lowest BCUT2D eigenvalue weighted by Crippen LogP contribution is -2.30. The fourth-order valence-corrected chi connectivity index (χ4v) is 2.96. The van der Waals surface area contributed by atoms with Gasteiger partial charge in [0.2, 0.25) is 5.95 Å². The van der Waals surface area contributed by atoms with Gasteiger partial charge in [-0.05, 0) is 37.0 Å². The number of hydrogen-bond acceptors (Lipinski definition) is 5. The van der Waals surface area contributed by atoms with E-state index in [-0.39, 0.29) is 29.3 Å². The molecule has 0 unspecified atom stereocenters. The standard InChI is InChI=1S/C19H22ClF3N4O/c1-10(2)16(9-28)26-18-25-15(11-3-4-11)8-17(27-18)24-12-5-6-14(20)13(7-12)19(21,22)23/h5-8,10-11,16,28H,3-4,9H2,1-2H3,(H2,24,25,26,27)/t16-/m1/s1. The zero-order valence-corrected chi connectivity index (χ0v) is 16.3. The van der Waals surface area contributed by atoms with Crippen LogP contribution in [0.25, 0.3) is 0 Å². The van der Waals surface area contributed by atoms with E-state index < -0.39 is 11.7 Å². The van der Waals surface area contributed by atoms with E-state index in [1.165, 1.54) is 12.1 Å². The lowest BCUT2D eigenvalue weighted by molar-refractivity contribution is -0.137. The highest BCUT2D eigenvalue weighted by Crippen LogP contribution is 2.40. The number of hydrogen-bond donors (Lipinski definition) is 3. The van der Waals surface area contributed by atoms with Crippen LogP contribution in [0.1, 0.15) is 43.9 Å². The van der Waals surface area contributed by atoms with E-state index in [0.717, 1.165) is 24.6 Å². The maximum absolute atomic E-state index is 13.1. The van der Waals surface area contributed by atoms with Gasteiger partial charge in [-0.1, -0.05) is 25.4 Å². The molecule has 0 spiro atoms. The Balaban J connectivity index is 1.89. The molecule has 1 aliphatic carbocycles. The maximum atomic E-state index is 13.1. The second kappa shape index (κ2) is 8.13. The summed E-state index contributed by atoms with van der Waals surface area (Å²) >= 11 is 5.68. The fraction of sp³-hybridized carbons (Fsp3) is 0.474. The van der Waals surface area contributed by atoms with E-state index in [2.05, 4.69) is 20.6 Å². The van der Waals surface area contributed by atoms with Crippen molar-refractivity contribution in [3.05, 3.63) is 40.5 Å². The van der Waals surface area contributed by atoms with Gasteiger partial charge in [-0.25, -0.2) is 4.98 Å². The molecule has 0 amide bonds. The summed E-state index contributed by atoms with van der Waals surface area (Å²) in [5.41, 5.74) is 0.144. The molecule has 1 aliphatic rings. The second-order valence-electron chi connectivity index (χ2n) is 7.27. The molecule has 1 saturated carbocycles. The van der Waals surface area contributed by atoms with Crippen LogP contribution in [0.5, 0.6) is 0 Å². The number of aliphatic hydroxyl groups excluding tert-OH is 1. The molecule has 3 N–H and O–H groups in total. The van der Waals surface area contributed by atoms with Crippen LogP contribution >= 0.6 is 11.6 Å². The van der Waals surface area contributed by atoms with Crippen molar-refractivity contribution in [3.63, 3.8) is 0 Å². The van der Waals surface area contributed by atoms with E-state index in [0.29, 0.717) is 17.7 Å². The van der Waals surface area contributed by atoms with Crippen molar-refractivity contribution in [1.82, 2.24) is 9.97 Å². The van der Waals surface area contributed by atoms with Crippen molar-refractivity contribution in [3.8, 4) is 0 Å². The average molecular weight is 415 g/mol. The molecular formula is C19H22ClF3N4O. The number of alkyl halides is 3. The summed E-state index contributed by atoms with van der Waals surface area (Å²) in [6.45, 7) is 3.85. The van der Waals surface area contributed by atoms with Crippen molar-refractivity contribution >= 4 is 29.1 Å². The Labute approximate surface area is 166 Å². The molecule has 28 heavy (non-hydrogen) atoms. The zero-order chi connectivity index (χ0) is 20.5. The minimum absolute atomic E-state index is 0.0798. The van der Waals surface area contributed by atoms with Crippen molar-refractivity contribution in [2.75, 3.05) is 17.2 Å². The summed E-state index contributed by atoms with van der Waals surface area (Å²) in [5.74, 6) is 1.20. The maximum Gasteiger partial charge on any atom is 0.417 e. The SMILES string of the molecule is CC(C)[C@@H](CO)Nc1nc(Nc2ccc(Cl)c(C(F)(F)F)c2)cc(C2CC2)n1. The fourth-order valence-electron chi connectivity index (χ4n) is 2.74. The Morgan fingerprint density at radius 2 is 1.93 bits per heavy atom. The van der Waals surface area contributed by atoms with Crippen LogP contribution in [-0.2, 0) is 6.18 Å². The third kappa shape index (κ3) is 5.05. The molecule has 0 radical (unpaired) electrons. The molecule has 0 aliphatic heterocycles. The van der Waals surface area contributed by atoms with Gasteiger partial charge in [0.15, 0.2) is 0 Å². The summed E-state index contributed by atoms with van der Waals surface area (Å²) in [4.78, 5) is 8.87. The predicted octanol–water partition coefficient (Wildman–Crippen LogP) is 5.20. The van der Waals surface area contributed by atoms with Gasteiger partial charge in [-0.2, -0.15) is 18.2 Å². The van der Waals surface area contributed by atoms with Gasteiger partial charge in [0, 0.05) is 17.7 Å². The first-order valence-electron chi connectivity index (χ1n) is 9.07. The monoisotopic (exact) mass is 414 g/mol. The van der Waals surface area contributed by atoms with Crippen LogP contribution < -0.4 is 10.6 Å². The molecule has 2 aromatic rings. The molecule has 0 saturated heterocycles. The highest BCUT2D eigenvalue weighted by molar-refractivity contribution is 6.31. The molecule has 1 aromatic heterocycles. The van der Waals surface area contributed by atoms with E-state index in [9.17, 15) is 18.3 Å². The first-order chi connectivity index (χ1) is 13.2. The number of anilines is 3. The molecule has 152 valence electrons. The van der Waals surface area contributed by atoms with Gasteiger partial charge in [0.05, 0.1) is 28.9 Å². The zero-order valence-electron chi connectivity index (χ0n) is 15.5. The summed E-state index contributed by atoms with van der Waals surface area (Å²) in [5, 5.41) is 15.2. The number of nitrogens with zero attached hydrogens (tertiary/aromatic N) is 2. The highest BCUT2D eigenvalue weighted by atomic mass is 35.5. The van der Waals surface area contributed by atoms with Crippen molar-refractivity contribution < 1.29 is 18.3 Å². The Hall–Kier alpha value is -2.06. The quantitative estimate of drug-likeness (QED) is 0.581. The summed E-state index contributed by atoms with van der Waals surface area (Å²) in [6.07, 6.45) is -2.51. The molecule has 1 atom stereocenters. The van der Waals surface area contributed by atoms with Crippen LogP contribution in [0.15, 0.2) is 24.3 Å². The summed E-state index contributed by atoms with van der Waals surface area (Å²) in [6, 6.07) is 5.14. The number of aromatic nitrogens is 2. The molecule has 9 heteroatoms. The third-order valence-corrected chi connectivity index (χ3v) is 4.93. The van der Waals surface area contributed by atoms with Crippen molar-refractivity contribution in [2.24, 2.45) is 5.92 Å². The molecular weight excluding hydrogens is 393 g/mol. The minimum atomic E-state index is -4.54. The number of aliphatic hydroxyl groups is 1. The van der Waals surface area contributed by atoms with E-state index in [1.807, 2.05) is 13.8 Å². The van der Waals surface area contributed by atoms with Crippen molar-refractivity contribution in [1.29, 1.82) is 0 Å². The van der Waals surface area contributed by atoms with Crippen LogP contribution in [0.2, 0.25) is 5.02 Å². The molecule has 0 bridgehead atoms. The van der Waals surface area contributed by atoms with E-state index in [4.69, 9.17) is 11.6 Å². The first-order valence-corrected chi connectivity index (χ1v) is 9.45. The number of nitrogens with one attached hydrogen (secondary N) is 2. The molecule has 5 nitrogen and oxygen atoms in total. The van der Waals surface area contributed by atoms with Crippen molar-refractivity contribution in [2.45, 2.75) is 44.8 Å². The number of halogens is 4. The smallest absolute Gasteiger partial charge is 0.394 e. The first kappa shape index (κ1) is 20.7. The van der Waals surface area contributed by atoms with Gasteiger partial charge in [0.25, 0.3) is 0 Å². The lowest BCUT2D eigenvalue weighted by Gasteiger charge is -2.21. The van der Waals surface area contributed by atoms with Gasteiger partial charge < -0.3 is 15.7 Å². The Kier molecular flexibility index (Phi) is 6.00. The molecule has 1 aromatic carbocycles. The Morgan fingerprint density at radius 3 is 2.50 bits per heavy atom. The van der Waals surface area contributed by atoms with E-state index in [1.54, 1.807) is 6.07 Å². The van der Waals surface area contributed by atoms with Gasteiger partial charge in [-0.15, -0.1) is 0 Å². The minimum Gasteiger partial charge on any atom is -0.394 e. The number of rotatable bonds is 7.